The van der Waals surface area contributed by atoms with Gasteiger partial charge in [0.1, 0.15) is 17.3 Å². The van der Waals surface area contributed by atoms with Crippen molar-refractivity contribution in [3.8, 4) is 0 Å². The Morgan fingerprint density at radius 2 is 2.26 bits per heavy atom. The Kier molecular flexibility index (Phi) is 4.34. The molecule has 0 bridgehead atoms. The highest BCUT2D eigenvalue weighted by molar-refractivity contribution is 6.31. The molecule has 0 saturated heterocycles. The molecule has 2 aromatic rings. The molecule has 7 heteroatoms. The number of carbonyl (C=O) groups is 1. The van der Waals surface area contributed by atoms with E-state index < -0.39 is 11.5 Å². The van der Waals surface area contributed by atoms with Gasteiger partial charge in [0.25, 0.3) is 5.91 Å². The highest BCUT2D eigenvalue weighted by atomic mass is 35.5. The summed E-state index contributed by atoms with van der Waals surface area (Å²) in [6.07, 6.45) is 1.30. The van der Waals surface area contributed by atoms with E-state index in [-0.39, 0.29) is 18.2 Å². The van der Waals surface area contributed by atoms with Gasteiger partial charge < -0.3 is 14.6 Å². The molecule has 23 heavy (non-hydrogen) atoms. The number of carbonyl (C=O) groups excluding carboxylic acids is 1. The molecular formula is C16H15ClN2O4. The van der Waals surface area contributed by atoms with Crippen LogP contribution >= 0.6 is 11.6 Å². The number of amides is 1. The van der Waals surface area contributed by atoms with Crippen LogP contribution in [0.25, 0.3) is 11.0 Å². The minimum atomic E-state index is -0.685. The van der Waals surface area contributed by atoms with Gasteiger partial charge in [-0.3, -0.25) is 4.79 Å². The normalized spacial score (nSPS) is 17.0. The molecule has 3 rings (SSSR count). The van der Waals surface area contributed by atoms with Gasteiger partial charge in [0.2, 0.25) is 0 Å². The molecule has 0 radical (unpaired) electrons. The van der Waals surface area contributed by atoms with Crippen LogP contribution in [-0.4, -0.2) is 24.3 Å². The number of nitrogens with zero attached hydrogens (tertiary/aromatic N) is 1. The number of halogens is 1. The van der Waals surface area contributed by atoms with Crippen molar-refractivity contribution in [1.29, 1.82) is 0 Å². The van der Waals surface area contributed by atoms with Crippen LogP contribution in [0.1, 0.15) is 30.1 Å². The first-order valence-corrected chi connectivity index (χ1v) is 7.67. The molecule has 120 valence electrons. The predicted molar refractivity (Wildman–Crippen MR) is 87.0 cm³/mol. The van der Waals surface area contributed by atoms with E-state index in [9.17, 15) is 9.59 Å². The van der Waals surface area contributed by atoms with Crippen LogP contribution in [0.4, 0.5) is 0 Å². The molecule has 1 N–H and O–H groups in total. The number of benzene rings is 1. The number of hydrogen-bond donors (Lipinski definition) is 1. The maximum Gasteiger partial charge on any atom is 0.349 e. The Bertz CT molecular complexity index is 844. The maximum absolute atomic E-state index is 12.2. The smallest absolute Gasteiger partial charge is 0.349 e. The fourth-order valence-electron chi connectivity index (χ4n) is 2.36. The summed E-state index contributed by atoms with van der Waals surface area (Å²) in [6, 6.07) is 6.33. The van der Waals surface area contributed by atoms with Crippen molar-refractivity contribution in [3.63, 3.8) is 0 Å². The number of fused-ring (bicyclic) bond motifs is 1. The minimum absolute atomic E-state index is 0.0607. The monoisotopic (exact) mass is 334 g/mol. The molecule has 0 spiro atoms. The summed E-state index contributed by atoms with van der Waals surface area (Å²) < 4.78 is 5.15. The minimum Gasteiger partial charge on any atom is -0.422 e. The predicted octanol–water partition coefficient (Wildman–Crippen LogP) is 2.73. The molecule has 0 fully saturated rings. The first-order chi connectivity index (χ1) is 11.1. The van der Waals surface area contributed by atoms with Crippen LogP contribution in [-0.2, 0) is 4.84 Å². The molecular weight excluding hydrogens is 320 g/mol. The van der Waals surface area contributed by atoms with Crippen molar-refractivity contribution < 1.29 is 14.0 Å². The van der Waals surface area contributed by atoms with Crippen molar-refractivity contribution in [1.82, 2.24) is 5.32 Å². The lowest BCUT2D eigenvalue weighted by atomic mass is 10.1. The third-order valence-electron chi connectivity index (χ3n) is 3.63. The molecule has 1 aliphatic heterocycles. The summed E-state index contributed by atoms with van der Waals surface area (Å²) in [6.45, 7) is 2.27. The summed E-state index contributed by atoms with van der Waals surface area (Å²) in [5.74, 6) is -0.505. The standard InChI is InChI=1S/C16H15ClN2O4/c1-2-11-7-12(23-19-11)8-18-15(20)13-6-9-5-10(17)3-4-14(9)22-16(13)21/h3-6,12H,2,7-8H2,1H3,(H,18,20). The van der Waals surface area contributed by atoms with Crippen LogP contribution in [0.15, 0.2) is 38.6 Å². The lowest BCUT2D eigenvalue weighted by molar-refractivity contribution is 0.0752. The number of nitrogens with one attached hydrogen (secondary N) is 1. The largest absolute Gasteiger partial charge is 0.422 e. The van der Waals surface area contributed by atoms with Gasteiger partial charge in [-0.05, 0) is 30.7 Å². The van der Waals surface area contributed by atoms with Gasteiger partial charge in [0.15, 0.2) is 0 Å². The molecule has 1 atom stereocenters. The number of hydrogen-bond acceptors (Lipinski definition) is 5. The molecule has 1 amide bonds. The van der Waals surface area contributed by atoms with Gasteiger partial charge in [-0.1, -0.05) is 23.7 Å². The molecule has 0 aliphatic carbocycles. The summed E-state index contributed by atoms with van der Waals surface area (Å²) in [4.78, 5) is 29.4. The van der Waals surface area contributed by atoms with E-state index in [1.54, 1.807) is 18.2 Å². The van der Waals surface area contributed by atoms with Gasteiger partial charge in [-0.2, -0.15) is 0 Å². The van der Waals surface area contributed by atoms with Crippen molar-refractivity contribution in [3.05, 3.63) is 45.3 Å². The first-order valence-electron chi connectivity index (χ1n) is 7.30. The Labute approximate surface area is 137 Å². The second-order valence-corrected chi connectivity index (χ2v) is 5.72. The zero-order valence-corrected chi connectivity index (χ0v) is 13.2. The summed E-state index contributed by atoms with van der Waals surface area (Å²) >= 11 is 5.92. The van der Waals surface area contributed by atoms with Gasteiger partial charge in [-0.25, -0.2) is 4.79 Å². The highest BCUT2D eigenvalue weighted by Gasteiger charge is 2.21. The Hall–Kier alpha value is -2.34. The number of rotatable bonds is 4. The average molecular weight is 335 g/mol. The fraction of sp³-hybridized carbons (Fsp3) is 0.312. The van der Waals surface area contributed by atoms with Gasteiger partial charge in [0, 0.05) is 16.8 Å². The van der Waals surface area contributed by atoms with Crippen molar-refractivity contribution in [2.24, 2.45) is 5.16 Å². The van der Waals surface area contributed by atoms with Crippen LogP contribution in [0.5, 0.6) is 0 Å². The van der Waals surface area contributed by atoms with Crippen molar-refractivity contribution in [2.75, 3.05) is 6.54 Å². The highest BCUT2D eigenvalue weighted by Crippen LogP contribution is 2.19. The Morgan fingerprint density at radius 3 is 3.00 bits per heavy atom. The second-order valence-electron chi connectivity index (χ2n) is 5.28. The first kappa shape index (κ1) is 15.6. The van der Waals surface area contributed by atoms with E-state index >= 15 is 0 Å². The van der Waals surface area contributed by atoms with Crippen LogP contribution in [0.2, 0.25) is 5.02 Å². The number of oxime groups is 1. The van der Waals surface area contributed by atoms with E-state index in [0.717, 1.165) is 12.1 Å². The molecule has 6 nitrogen and oxygen atoms in total. The average Bonchev–Trinajstić information content (AvgIpc) is 3.00. The quantitative estimate of drug-likeness (QED) is 0.872. The fourth-order valence-corrected chi connectivity index (χ4v) is 2.54. The summed E-state index contributed by atoms with van der Waals surface area (Å²) in [5, 5.41) is 7.70. The van der Waals surface area contributed by atoms with E-state index in [0.29, 0.717) is 22.4 Å². The second kappa shape index (κ2) is 6.42. The van der Waals surface area contributed by atoms with Crippen LogP contribution < -0.4 is 10.9 Å². The van der Waals surface area contributed by atoms with Crippen molar-refractivity contribution >= 4 is 34.2 Å². The summed E-state index contributed by atoms with van der Waals surface area (Å²) in [5.41, 5.74) is 0.602. The summed E-state index contributed by atoms with van der Waals surface area (Å²) in [7, 11) is 0. The van der Waals surface area contributed by atoms with Crippen molar-refractivity contribution in [2.45, 2.75) is 25.9 Å². The van der Waals surface area contributed by atoms with E-state index in [1.165, 1.54) is 6.07 Å². The zero-order chi connectivity index (χ0) is 16.4. The molecule has 1 unspecified atom stereocenters. The van der Waals surface area contributed by atoms with Gasteiger partial charge in [0.05, 0.1) is 12.3 Å². The van der Waals surface area contributed by atoms with Gasteiger partial charge >= 0.3 is 5.63 Å². The molecule has 0 saturated carbocycles. The molecule has 1 aromatic heterocycles. The van der Waals surface area contributed by atoms with E-state index in [2.05, 4.69) is 10.5 Å². The Morgan fingerprint density at radius 1 is 1.43 bits per heavy atom. The van der Waals surface area contributed by atoms with Crippen LogP contribution in [0, 0.1) is 0 Å². The van der Waals surface area contributed by atoms with E-state index in [1.807, 2.05) is 6.92 Å². The maximum atomic E-state index is 12.2. The van der Waals surface area contributed by atoms with Crippen LogP contribution in [0.3, 0.4) is 0 Å². The zero-order valence-electron chi connectivity index (χ0n) is 12.5. The topological polar surface area (TPSA) is 80.9 Å². The lowest BCUT2D eigenvalue weighted by Crippen LogP contribution is -2.34. The van der Waals surface area contributed by atoms with E-state index in [4.69, 9.17) is 20.9 Å². The molecule has 2 heterocycles. The third-order valence-corrected chi connectivity index (χ3v) is 3.87. The third kappa shape index (κ3) is 3.37. The SMILES string of the molecule is CCC1=NOC(CNC(=O)c2cc3cc(Cl)ccc3oc2=O)C1. The lowest BCUT2D eigenvalue weighted by Gasteiger charge is -2.09. The Balaban J connectivity index is 1.73. The van der Waals surface area contributed by atoms with Gasteiger partial charge in [-0.15, -0.1) is 0 Å². The molecule has 1 aromatic carbocycles. The molecule has 1 aliphatic rings.